The summed E-state index contributed by atoms with van der Waals surface area (Å²) >= 11 is 12.6. The number of halogens is 2. The maximum absolute atomic E-state index is 6.28. The molecular formula is C14H19Cl2N. The summed E-state index contributed by atoms with van der Waals surface area (Å²) < 4.78 is 0. The fraction of sp³-hybridized carbons (Fsp3) is 0.571. The summed E-state index contributed by atoms with van der Waals surface area (Å²) in [5.41, 5.74) is 1.08. The number of nitrogens with one attached hydrogen (secondary N) is 1. The average Bonchev–Trinajstić information content (AvgIpc) is 3.09. The van der Waals surface area contributed by atoms with Gasteiger partial charge in [-0.15, -0.1) is 0 Å². The third-order valence-corrected chi connectivity index (χ3v) is 3.91. The highest BCUT2D eigenvalue weighted by molar-refractivity contribution is 6.36. The molecule has 1 aliphatic carbocycles. The van der Waals surface area contributed by atoms with Crippen molar-refractivity contribution in [2.45, 2.75) is 38.6 Å². The number of hydrogen-bond donors (Lipinski definition) is 1. The number of rotatable bonds is 6. The molecule has 0 bridgehead atoms. The van der Waals surface area contributed by atoms with Crippen molar-refractivity contribution in [3.63, 3.8) is 0 Å². The largest absolute Gasteiger partial charge is 0.310 e. The molecule has 0 aliphatic heterocycles. The van der Waals surface area contributed by atoms with Gasteiger partial charge in [0, 0.05) is 21.7 Å². The van der Waals surface area contributed by atoms with E-state index in [-0.39, 0.29) is 0 Å². The van der Waals surface area contributed by atoms with Crippen LogP contribution in [0.15, 0.2) is 18.2 Å². The first-order chi connectivity index (χ1) is 8.22. The van der Waals surface area contributed by atoms with Crippen LogP contribution in [0.1, 0.15) is 44.2 Å². The summed E-state index contributed by atoms with van der Waals surface area (Å²) in [4.78, 5) is 0. The molecule has 94 valence electrons. The van der Waals surface area contributed by atoms with Gasteiger partial charge in [-0.1, -0.05) is 49.0 Å². The average molecular weight is 272 g/mol. The van der Waals surface area contributed by atoms with E-state index in [1.54, 1.807) is 0 Å². The Hall–Kier alpha value is -0.240. The van der Waals surface area contributed by atoms with Gasteiger partial charge in [0.2, 0.25) is 0 Å². The van der Waals surface area contributed by atoms with Crippen LogP contribution in [-0.4, -0.2) is 6.54 Å². The van der Waals surface area contributed by atoms with Crippen LogP contribution in [0.5, 0.6) is 0 Å². The summed E-state index contributed by atoms with van der Waals surface area (Å²) in [5, 5.41) is 5.14. The molecule has 1 nitrogen and oxygen atoms in total. The number of hydrogen-bond acceptors (Lipinski definition) is 1. The molecule has 0 heterocycles. The van der Waals surface area contributed by atoms with Crippen LogP contribution in [0.3, 0.4) is 0 Å². The Labute approximate surface area is 114 Å². The van der Waals surface area contributed by atoms with Gasteiger partial charge in [-0.2, -0.15) is 0 Å². The summed E-state index contributed by atoms with van der Waals surface area (Å²) in [5.74, 6) is 0.858. The zero-order valence-electron chi connectivity index (χ0n) is 10.2. The van der Waals surface area contributed by atoms with Crippen molar-refractivity contribution in [3.8, 4) is 0 Å². The van der Waals surface area contributed by atoms with E-state index < -0.39 is 0 Å². The van der Waals surface area contributed by atoms with Gasteiger partial charge in [0.05, 0.1) is 0 Å². The molecule has 1 aliphatic rings. The van der Waals surface area contributed by atoms with Gasteiger partial charge in [-0.3, -0.25) is 0 Å². The lowest BCUT2D eigenvalue weighted by Gasteiger charge is -2.21. The zero-order valence-corrected chi connectivity index (χ0v) is 11.7. The molecule has 1 saturated carbocycles. The Bertz CT molecular complexity index is 354. The summed E-state index contributed by atoms with van der Waals surface area (Å²) in [7, 11) is 0. The molecule has 1 unspecified atom stereocenters. The molecule has 1 atom stereocenters. The molecule has 2 rings (SSSR count). The van der Waals surface area contributed by atoms with E-state index in [0.717, 1.165) is 40.9 Å². The second-order valence-electron chi connectivity index (χ2n) is 4.82. The van der Waals surface area contributed by atoms with E-state index in [4.69, 9.17) is 23.2 Å². The first-order valence-corrected chi connectivity index (χ1v) is 7.15. The van der Waals surface area contributed by atoms with Crippen LogP contribution in [0, 0.1) is 5.92 Å². The SMILES string of the molecule is CCCNC(CC1CC1)c1c(Cl)cccc1Cl. The lowest BCUT2D eigenvalue weighted by atomic mass is 10.0. The molecule has 1 aromatic carbocycles. The van der Waals surface area contributed by atoms with Gasteiger partial charge in [0.15, 0.2) is 0 Å². The lowest BCUT2D eigenvalue weighted by molar-refractivity contribution is 0.474. The third-order valence-electron chi connectivity index (χ3n) is 3.25. The Morgan fingerprint density at radius 3 is 2.47 bits per heavy atom. The summed E-state index contributed by atoms with van der Waals surface area (Å²) in [6, 6.07) is 6.07. The molecule has 1 fully saturated rings. The van der Waals surface area contributed by atoms with Gasteiger partial charge in [-0.25, -0.2) is 0 Å². The van der Waals surface area contributed by atoms with Crippen molar-refractivity contribution in [1.29, 1.82) is 0 Å². The predicted molar refractivity (Wildman–Crippen MR) is 74.8 cm³/mol. The van der Waals surface area contributed by atoms with Crippen LogP contribution < -0.4 is 5.32 Å². The van der Waals surface area contributed by atoms with Crippen molar-refractivity contribution >= 4 is 23.2 Å². The first kappa shape index (κ1) is 13.2. The van der Waals surface area contributed by atoms with Crippen LogP contribution in [0.25, 0.3) is 0 Å². The van der Waals surface area contributed by atoms with E-state index in [2.05, 4.69) is 12.2 Å². The Morgan fingerprint density at radius 2 is 1.94 bits per heavy atom. The Morgan fingerprint density at radius 1 is 1.29 bits per heavy atom. The quantitative estimate of drug-likeness (QED) is 0.781. The molecule has 1 aromatic rings. The molecule has 0 spiro atoms. The molecule has 0 aromatic heterocycles. The van der Waals surface area contributed by atoms with Gasteiger partial charge in [-0.05, 0) is 37.4 Å². The lowest BCUT2D eigenvalue weighted by Crippen LogP contribution is -2.23. The zero-order chi connectivity index (χ0) is 12.3. The highest BCUT2D eigenvalue weighted by atomic mass is 35.5. The van der Waals surface area contributed by atoms with Gasteiger partial charge in [0.1, 0.15) is 0 Å². The normalized spacial score (nSPS) is 17.1. The van der Waals surface area contributed by atoms with Crippen molar-refractivity contribution in [1.82, 2.24) is 5.32 Å². The molecule has 0 radical (unpaired) electrons. The molecule has 3 heteroatoms. The van der Waals surface area contributed by atoms with Crippen LogP contribution >= 0.6 is 23.2 Å². The smallest absolute Gasteiger partial charge is 0.0468 e. The number of benzene rings is 1. The standard InChI is InChI=1S/C14H19Cl2N/c1-2-8-17-13(9-10-6-7-10)14-11(15)4-3-5-12(14)16/h3-5,10,13,17H,2,6-9H2,1H3. The van der Waals surface area contributed by atoms with Crippen molar-refractivity contribution in [3.05, 3.63) is 33.8 Å². The predicted octanol–water partition coefficient (Wildman–Crippen LogP) is 4.83. The highest BCUT2D eigenvalue weighted by Crippen LogP contribution is 2.41. The van der Waals surface area contributed by atoms with Crippen molar-refractivity contribution in [2.24, 2.45) is 5.92 Å². The third kappa shape index (κ3) is 3.61. The molecule has 0 amide bonds. The minimum Gasteiger partial charge on any atom is -0.310 e. The van der Waals surface area contributed by atoms with Crippen LogP contribution in [-0.2, 0) is 0 Å². The van der Waals surface area contributed by atoms with Gasteiger partial charge in [0.25, 0.3) is 0 Å². The monoisotopic (exact) mass is 271 g/mol. The maximum Gasteiger partial charge on any atom is 0.0468 e. The van der Waals surface area contributed by atoms with Crippen molar-refractivity contribution < 1.29 is 0 Å². The van der Waals surface area contributed by atoms with Gasteiger partial charge < -0.3 is 5.32 Å². The van der Waals surface area contributed by atoms with Gasteiger partial charge >= 0.3 is 0 Å². The Balaban J connectivity index is 2.16. The summed E-state index contributed by atoms with van der Waals surface area (Å²) in [6.07, 6.45) is 4.99. The van der Waals surface area contributed by atoms with Crippen molar-refractivity contribution in [2.75, 3.05) is 6.54 Å². The second-order valence-corrected chi connectivity index (χ2v) is 5.64. The molecule has 0 saturated heterocycles. The molecule has 17 heavy (non-hydrogen) atoms. The first-order valence-electron chi connectivity index (χ1n) is 6.39. The van der Waals surface area contributed by atoms with E-state index in [1.165, 1.54) is 12.8 Å². The fourth-order valence-corrected chi connectivity index (χ4v) is 2.81. The van der Waals surface area contributed by atoms with E-state index in [0.29, 0.717) is 6.04 Å². The fourth-order valence-electron chi connectivity index (χ4n) is 2.15. The van der Waals surface area contributed by atoms with E-state index in [9.17, 15) is 0 Å². The van der Waals surface area contributed by atoms with Crippen LogP contribution in [0.4, 0.5) is 0 Å². The minimum absolute atomic E-state index is 0.309. The van der Waals surface area contributed by atoms with E-state index >= 15 is 0 Å². The second kappa shape index (κ2) is 6.08. The Kier molecular flexibility index (Phi) is 4.72. The topological polar surface area (TPSA) is 12.0 Å². The minimum atomic E-state index is 0.309. The van der Waals surface area contributed by atoms with E-state index in [1.807, 2.05) is 18.2 Å². The molecule has 1 N–H and O–H groups in total. The maximum atomic E-state index is 6.28. The summed E-state index contributed by atoms with van der Waals surface area (Å²) in [6.45, 7) is 3.19. The molecular weight excluding hydrogens is 253 g/mol. The highest BCUT2D eigenvalue weighted by Gasteiger charge is 2.27. The van der Waals surface area contributed by atoms with Crippen LogP contribution in [0.2, 0.25) is 10.0 Å².